The molecule has 0 atom stereocenters. The fourth-order valence-electron chi connectivity index (χ4n) is 1.94. The van der Waals surface area contributed by atoms with Gasteiger partial charge in [-0.2, -0.15) is 0 Å². The number of benzene rings is 2. The highest BCUT2D eigenvalue weighted by molar-refractivity contribution is 5.90. The first-order valence-corrected chi connectivity index (χ1v) is 6.53. The van der Waals surface area contributed by atoms with Crippen molar-refractivity contribution in [1.29, 1.82) is 0 Å². The number of rotatable bonds is 3. The quantitative estimate of drug-likeness (QED) is 0.216. The molecule has 22 heavy (non-hydrogen) atoms. The van der Waals surface area contributed by atoms with E-state index >= 15 is 0 Å². The lowest BCUT2D eigenvalue weighted by Crippen LogP contribution is -2.06. The number of esters is 1. The van der Waals surface area contributed by atoms with Gasteiger partial charge in [-0.3, -0.25) is 0 Å². The van der Waals surface area contributed by atoms with Gasteiger partial charge < -0.3 is 4.74 Å². The highest BCUT2D eigenvalue weighted by atomic mass is 16.5. The van der Waals surface area contributed by atoms with Crippen molar-refractivity contribution in [3.63, 3.8) is 0 Å². The van der Waals surface area contributed by atoms with Crippen LogP contribution in [0.4, 0.5) is 0 Å². The molecule has 0 unspecified atom stereocenters. The number of carbonyl (C=O) groups is 1. The molecule has 0 spiro atoms. The van der Waals surface area contributed by atoms with Gasteiger partial charge in [-0.1, -0.05) is 53.4 Å². The number of methoxy groups -OCH3 is 1. The maximum Gasteiger partial charge on any atom is 0.334 e. The minimum Gasteiger partial charge on any atom is -0.466 e. The first-order chi connectivity index (χ1) is 10.8. The molecule has 0 heterocycles. The molecule has 5 nitrogen and oxygen atoms in total. The van der Waals surface area contributed by atoms with Crippen LogP contribution in [0.15, 0.2) is 59.2 Å². The molecule has 0 bridgehead atoms. The van der Waals surface area contributed by atoms with Crippen LogP contribution in [-0.2, 0) is 9.53 Å². The molecule has 0 amide bonds. The van der Waals surface area contributed by atoms with Crippen molar-refractivity contribution in [2.45, 2.75) is 0 Å². The number of fused-ring (bicyclic) bond motifs is 1. The zero-order valence-electron chi connectivity index (χ0n) is 12.0. The van der Waals surface area contributed by atoms with Crippen molar-refractivity contribution in [2.75, 3.05) is 13.7 Å². The number of hydrogen-bond donors (Lipinski definition) is 0. The second-order valence-electron chi connectivity index (χ2n) is 4.35. The Morgan fingerprint density at radius 1 is 1.32 bits per heavy atom. The van der Waals surface area contributed by atoms with Crippen LogP contribution >= 0.6 is 0 Å². The van der Waals surface area contributed by atoms with E-state index in [-0.39, 0.29) is 12.1 Å². The Morgan fingerprint density at radius 2 is 2.09 bits per heavy atom. The third-order valence-corrected chi connectivity index (χ3v) is 2.99. The minimum atomic E-state index is -0.556. The first-order valence-electron chi connectivity index (χ1n) is 6.53. The summed E-state index contributed by atoms with van der Waals surface area (Å²) in [5.41, 5.74) is 9.41. The van der Waals surface area contributed by atoms with Crippen LogP contribution in [0.5, 0.6) is 0 Å². The van der Waals surface area contributed by atoms with Gasteiger partial charge in [0.05, 0.1) is 19.2 Å². The third-order valence-electron chi connectivity index (χ3n) is 2.99. The van der Waals surface area contributed by atoms with Crippen molar-refractivity contribution < 1.29 is 9.53 Å². The SMILES string of the molecule is COC(=O)C(=CC#Cc1cccc2ccccc12)CN=[N+]=[N-]. The number of hydrogen-bond acceptors (Lipinski definition) is 3. The van der Waals surface area contributed by atoms with Crippen molar-refractivity contribution in [3.05, 3.63) is 70.1 Å². The average molecular weight is 291 g/mol. The van der Waals surface area contributed by atoms with E-state index < -0.39 is 5.97 Å². The number of allylic oxidation sites excluding steroid dienone is 1. The van der Waals surface area contributed by atoms with Gasteiger partial charge in [0.25, 0.3) is 0 Å². The Morgan fingerprint density at radius 3 is 2.86 bits per heavy atom. The van der Waals surface area contributed by atoms with Crippen LogP contribution < -0.4 is 0 Å². The van der Waals surface area contributed by atoms with Crippen LogP contribution in [0.25, 0.3) is 21.2 Å². The molecule has 0 fully saturated rings. The van der Waals surface area contributed by atoms with E-state index in [2.05, 4.69) is 26.6 Å². The lowest BCUT2D eigenvalue weighted by atomic mass is 10.1. The minimum absolute atomic E-state index is 0.0899. The summed E-state index contributed by atoms with van der Waals surface area (Å²) in [4.78, 5) is 14.2. The molecule has 0 N–H and O–H groups in total. The van der Waals surface area contributed by atoms with Crippen LogP contribution in [0, 0.1) is 11.8 Å². The van der Waals surface area contributed by atoms with E-state index in [0.29, 0.717) is 0 Å². The molecule has 0 aliphatic carbocycles. The van der Waals surface area contributed by atoms with E-state index in [1.54, 1.807) is 0 Å². The standard InChI is InChI=1S/C17H13N3O2/c1-22-17(21)15(12-19-20-18)10-5-9-14-8-4-7-13-6-2-3-11-16(13)14/h2-4,6-8,10-11H,12H2,1H3. The highest BCUT2D eigenvalue weighted by Crippen LogP contribution is 2.17. The zero-order valence-corrected chi connectivity index (χ0v) is 12.0. The molecule has 5 heteroatoms. The monoisotopic (exact) mass is 291 g/mol. The summed E-state index contributed by atoms with van der Waals surface area (Å²) in [5, 5.41) is 5.50. The second-order valence-corrected chi connectivity index (χ2v) is 4.35. The van der Waals surface area contributed by atoms with Crippen molar-refractivity contribution in [2.24, 2.45) is 5.11 Å². The van der Waals surface area contributed by atoms with Gasteiger partial charge >= 0.3 is 5.97 Å². The topological polar surface area (TPSA) is 75.1 Å². The van der Waals surface area contributed by atoms with Gasteiger partial charge in [0.15, 0.2) is 0 Å². The van der Waals surface area contributed by atoms with E-state index in [1.807, 2.05) is 42.5 Å². The Balaban J connectivity index is 2.36. The van der Waals surface area contributed by atoms with Crippen LogP contribution in [0.3, 0.4) is 0 Å². The smallest absolute Gasteiger partial charge is 0.334 e. The van der Waals surface area contributed by atoms with Crippen molar-refractivity contribution in [3.8, 4) is 11.8 Å². The van der Waals surface area contributed by atoms with E-state index in [1.165, 1.54) is 13.2 Å². The number of nitrogens with zero attached hydrogens (tertiary/aromatic N) is 3. The largest absolute Gasteiger partial charge is 0.466 e. The van der Waals surface area contributed by atoms with Crippen LogP contribution in [-0.4, -0.2) is 19.6 Å². The van der Waals surface area contributed by atoms with Gasteiger partial charge in [0.2, 0.25) is 0 Å². The third kappa shape index (κ3) is 3.66. The number of carbonyl (C=O) groups excluding carboxylic acids is 1. The van der Waals surface area contributed by atoms with Gasteiger partial charge in [-0.25, -0.2) is 4.79 Å². The lowest BCUT2D eigenvalue weighted by molar-refractivity contribution is -0.136. The zero-order chi connectivity index (χ0) is 15.8. The fourth-order valence-corrected chi connectivity index (χ4v) is 1.94. The molecule has 0 aromatic heterocycles. The number of ether oxygens (including phenoxy) is 1. The molecule has 0 radical (unpaired) electrons. The predicted octanol–water partition coefficient (Wildman–Crippen LogP) is 3.60. The maximum atomic E-state index is 11.5. The molecule has 2 rings (SSSR count). The summed E-state index contributed by atoms with van der Waals surface area (Å²) in [6.07, 6.45) is 1.42. The van der Waals surface area contributed by atoms with Gasteiger partial charge in [-0.05, 0) is 28.4 Å². The summed E-state index contributed by atoms with van der Waals surface area (Å²) >= 11 is 0. The summed E-state index contributed by atoms with van der Waals surface area (Å²) in [7, 11) is 1.27. The molecule has 0 aliphatic heterocycles. The molecule has 0 saturated heterocycles. The molecule has 2 aromatic carbocycles. The molecule has 0 saturated carbocycles. The second kappa shape index (κ2) is 7.53. The molecular weight excluding hydrogens is 278 g/mol. The van der Waals surface area contributed by atoms with E-state index in [0.717, 1.165) is 16.3 Å². The first kappa shape index (κ1) is 15.2. The lowest BCUT2D eigenvalue weighted by Gasteiger charge is -2.00. The summed E-state index contributed by atoms with van der Waals surface area (Å²) in [5.74, 6) is 5.27. The number of azide groups is 1. The maximum absolute atomic E-state index is 11.5. The molecule has 2 aromatic rings. The Kier molecular flexibility index (Phi) is 5.20. The van der Waals surface area contributed by atoms with Gasteiger partial charge in [-0.15, -0.1) is 0 Å². The molecular formula is C17H13N3O2. The highest BCUT2D eigenvalue weighted by Gasteiger charge is 2.06. The van der Waals surface area contributed by atoms with E-state index in [9.17, 15) is 4.79 Å². The van der Waals surface area contributed by atoms with Crippen molar-refractivity contribution in [1.82, 2.24) is 0 Å². The van der Waals surface area contributed by atoms with E-state index in [4.69, 9.17) is 5.53 Å². The molecule has 108 valence electrons. The fraction of sp³-hybridized carbons (Fsp3) is 0.118. The van der Waals surface area contributed by atoms with Crippen LogP contribution in [0.2, 0.25) is 0 Å². The van der Waals surface area contributed by atoms with Crippen LogP contribution in [0.1, 0.15) is 5.56 Å². The Hall–Kier alpha value is -3.22. The molecule has 0 aliphatic rings. The average Bonchev–Trinajstić information content (AvgIpc) is 2.57. The van der Waals surface area contributed by atoms with Gasteiger partial charge in [0.1, 0.15) is 0 Å². The normalized spacial score (nSPS) is 10.3. The summed E-state index contributed by atoms with van der Waals surface area (Å²) in [6.45, 7) is -0.0899. The Bertz CT molecular complexity index is 832. The summed E-state index contributed by atoms with van der Waals surface area (Å²) < 4.78 is 4.62. The summed E-state index contributed by atoms with van der Waals surface area (Å²) in [6, 6.07) is 13.8. The predicted molar refractivity (Wildman–Crippen MR) is 84.9 cm³/mol. The van der Waals surface area contributed by atoms with Gasteiger partial charge in [0, 0.05) is 10.5 Å². The van der Waals surface area contributed by atoms with Crippen molar-refractivity contribution >= 4 is 16.7 Å². The Labute approximate surface area is 127 Å².